The van der Waals surface area contributed by atoms with Gasteiger partial charge >= 0.3 is 0 Å². The summed E-state index contributed by atoms with van der Waals surface area (Å²) >= 11 is 0. The topological polar surface area (TPSA) is 137 Å². The standard InChI is InChI=1S/2C31H26N6/c1-21-8-6-7-11-26(21)27-19-30(36-31(35-27)34-22(2)23-9-4-3-5-10-23)37-20-33-28-18-25(12-13-29(28)37)24-14-16-32-17-15-24;1-21-8-6-7-11-26(21)28-19-30(36-31(35-28)34-22(2)23-9-4-3-5-10-23)37-20-33-27-13-12-25(18-29(27)37)24-14-16-32-17-15-24/h2*3-20,22H,1-2H3,(H,34,35,36)/t2*22-/m00/s1. The molecule has 0 radical (unpaired) electrons. The summed E-state index contributed by atoms with van der Waals surface area (Å²) in [6.45, 7) is 8.44. The Morgan fingerprint density at radius 1 is 0.392 bits per heavy atom. The highest BCUT2D eigenvalue weighted by Gasteiger charge is 2.18. The molecule has 12 nitrogen and oxygen atoms in total. The Hall–Kier alpha value is -9.68. The molecule has 74 heavy (non-hydrogen) atoms. The Morgan fingerprint density at radius 3 is 1.35 bits per heavy atom. The first-order valence-corrected chi connectivity index (χ1v) is 24.6. The molecule has 0 aliphatic carbocycles. The molecule has 12 heteroatoms. The lowest BCUT2D eigenvalue weighted by Crippen LogP contribution is -2.11. The Labute approximate surface area is 429 Å². The van der Waals surface area contributed by atoms with E-state index in [0.29, 0.717) is 11.9 Å². The lowest BCUT2D eigenvalue weighted by atomic mass is 10.1. The quantitative estimate of drug-likeness (QED) is 0.122. The molecular formula is C62H52N12. The maximum absolute atomic E-state index is 4.94. The summed E-state index contributed by atoms with van der Waals surface area (Å²) in [5.74, 6) is 2.65. The van der Waals surface area contributed by atoms with E-state index in [2.05, 4.69) is 132 Å². The van der Waals surface area contributed by atoms with Crippen LogP contribution in [-0.2, 0) is 0 Å². The van der Waals surface area contributed by atoms with Gasteiger partial charge in [0.15, 0.2) is 0 Å². The molecule has 0 bridgehead atoms. The fourth-order valence-corrected chi connectivity index (χ4v) is 9.11. The Bertz CT molecular complexity index is 3860. The fourth-order valence-electron chi connectivity index (χ4n) is 9.11. The van der Waals surface area contributed by atoms with Gasteiger partial charge in [0.1, 0.15) is 24.3 Å². The van der Waals surface area contributed by atoms with Crippen molar-refractivity contribution >= 4 is 34.0 Å². The third-order valence-corrected chi connectivity index (χ3v) is 13.2. The van der Waals surface area contributed by atoms with Gasteiger partial charge in [-0.05, 0) is 121 Å². The van der Waals surface area contributed by atoms with Crippen molar-refractivity contribution in [3.05, 3.63) is 242 Å². The first-order valence-electron chi connectivity index (χ1n) is 24.6. The molecule has 0 fully saturated rings. The van der Waals surface area contributed by atoms with Crippen LogP contribution in [0.2, 0.25) is 0 Å². The number of nitrogens with one attached hydrogen (secondary N) is 2. The first-order chi connectivity index (χ1) is 36.3. The molecule has 0 spiro atoms. The lowest BCUT2D eigenvalue weighted by Gasteiger charge is -2.17. The molecule has 6 aromatic heterocycles. The number of anilines is 2. The molecule has 0 amide bonds. The summed E-state index contributed by atoms with van der Waals surface area (Å²) in [6.07, 6.45) is 10.9. The van der Waals surface area contributed by atoms with E-state index < -0.39 is 0 Å². The minimum Gasteiger partial charge on any atom is -0.348 e. The van der Waals surface area contributed by atoms with E-state index in [-0.39, 0.29) is 12.1 Å². The van der Waals surface area contributed by atoms with Gasteiger partial charge in [-0.15, -0.1) is 0 Å². The number of benzene rings is 6. The Balaban J connectivity index is 0.000000159. The second kappa shape index (κ2) is 21.0. The normalized spacial score (nSPS) is 11.9. The molecule has 12 rings (SSSR count). The van der Waals surface area contributed by atoms with Gasteiger partial charge in [0.05, 0.1) is 45.5 Å². The molecule has 0 saturated heterocycles. The monoisotopic (exact) mass is 964 g/mol. The number of imidazole rings is 2. The van der Waals surface area contributed by atoms with Gasteiger partial charge in [-0.2, -0.15) is 9.97 Å². The van der Waals surface area contributed by atoms with Crippen LogP contribution in [0.1, 0.15) is 48.2 Å². The minimum absolute atomic E-state index is 0.0407. The van der Waals surface area contributed by atoms with E-state index in [1.54, 1.807) is 12.4 Å². The molecule has 2 N–H and O–H groups in total. The van der Waals surface area contributed by atoms with Gasteiger partial charge in [0, 0.05) is 48.0 Å². The van der Waals surface area contributed by atoms with E-state index >= 15 is 0 Å². The van der Waals surface area contributed by atoms with Crippen molar-refractivity contribution in [2.45, 2.75) is 39.8 Å². The summed E-state index contributed by atoms with van der Waals surface area (Å²) in [4.78, 5) is 37.3. The highest BCUT2D eigenvalue weighted by molar-refractivity contribution is 5.85. The van der Waals surface area contributed by atoms with E-state index in [1.165, 1.54) is 11.1 Å². The summed E-state index contributed by atoms with van der Waals surface area (Å²) in [6, 6.07) is 61.9. The number of aromatic nitrogens is 10. The molecule has 2 atom stereocenters. The Morgan fingerprint density at radius 2 is 0.838 bits per heavy atom. The van der Waals surface area contributed by atoms with Gasteiger partial charge < -0.3 is 10.6 Å². The summed E-state index contributed by atoms with van der Waals surface area (Å²) in [7, 11) is 0. The van der Waals surface area contributed by atoms with Crippen LogP contribution in [-0.4, -0.2) is 49.0 Å². The van der Waals surface area contributed by atoms with Gasteiger partial charge in [-0.25, -0.2) is 19.9 Å². The predicted molar refractivity (Wildman–Crippen MR) is 297 cm³/mol. The van der Waals surface area contributed by atoms with Crippen LogP contribution in [0.5, 0.6) is 0 Å². The second-order valence-corrected chi connectivity index (χ2v) is 18.2. The molecule has 360 valence electrons. The molecule has 6 aromatic carbocycles. The smallest absolute Gasteiger partial charge is 0.225 e. The van der Waals surface area contributed by atoms with E-state index in [9.17, 15) is 0 Å². The van der Waals surface area contributed by atoms with Crippen LogP contribution >= 0.6 is 0 Å². The molecule has 6 heterocycles. The molecule has 0 aliphatic heterocycles. The van der Waals surface area contributed by atoms with Crippen LogP contribution in [0.4, 0.5) is 11.9 Å². The zero-order valence-electron chi connectivity index (χ0n) is 41.4. The number of nitrogens with zero attached hydrogens (tertiary/aromatic N) is 10. The average molecular weight is 965 g/mol. The number of aryl methyl sites for hydroxylation is 2. The van der Waals surface area contributed by atoms with Crippen molar-refractivity contribution in [1.29, 1.82) is 0 Å². The van der Waals surface area contributed by atoms with Crippen molar-refractivity contribution in [2.24, 2.45) is 0 Å². The van der Waals surface area contributed by atoms with Crippen molar-refractivity contribution in [3.8, 4) is 56.4 Å². The number of pyridine rings is 2. The third kappa shape index (κ3) is 10.1. The van der Waals surface area contributed by atoms with E-state index in [1.807, 2.05) is 137 Å². The predicted octanol–water partition coefficient (Wildman–Crippen LogP) is 14.1. The van der Waals surface area contributed by atoms with Gasteiger partial charge in [0.2, 0.25) is 11.9 Å². The zero-order chi connectivity index (χ0) is 50.4. The summed E-state index contributed by atoms with van der Waals surface area (Å²) < 4.78 is 4.05. The first kappa shape index (κ1) is 46.7. The van der Waals surface area contributed by atoms with Crippen LogP contribution < -0.4 is 10.6 Å². The van der Waals surface area contributed by atoms with Crippen LogP contribution in [0.25, 0.3) is 78.5 Å². The number of fused-ring (bicyclic) bond motifs is 2. The average Bonchev–Trinajstić information content (AvgIpc) is 4.09. The van der Waals surface area contributed by atoms with Crippen molar-refractivity contribution < 1.29 is 0 Å². The molecule has 0 saturated carbocycles. The number of hydrogen-bond acceptors (Lipinski definition) is 10. The van der Waals surface area contributed by atoms with E-state index in [4.69, 9.17) is 24.9 Å². The summed E-state index contributed by atoms with van der Waals surface area (Å²) in [5.41, 5.74) is 16.7. The Kier molecular flexibility index (Phi) is 13.2. The molecule has 0 aliphatic rings. The van der Waals surface area contributed by atoms with Gasteiger partial charge in [-0.3, -0.25) is 19.1 Å². The van der Waals surface area contributed by atoms with Crippen molar-refractivity contribution in [2.75, 3.05) is 10.6 Å². The molecular weight excluding hydrogens is 913 g/mol. The zero-order valence-corrected chi connectivity index (χ0v) is 41.4. The fraction of sp³-hybridized carbons (Fsp3) is 0.0968. The summed E-state index contributed by atoms with van der Waals surface area (Å²) in [5, 5.41) is 7.02. The van der Waals surface area contributed by atoms with Crippen molar-refractivity contribution in [1.82, 2.24) is 49.0 Å². The lowest BCUT2D eigenvalue weighted by molar-refractivity contribution is 0.855. The number of hydrogen-bond donors (Lipinski definition) is 2. The van der Waals surface area contributed by atoms with Crippen LogP contribution in [0, 0.1) is 13.8 Å². The minimum atomic E-state index is 0.0407. The highest BCUT2D eigenvalue weighted by atomic mass is 15.2. The maximum atomic E-state index is 4.94. The van der Waals surface area contributed by atoms with Crippen LogP contribution in [0.3, 0.4) is 0 Å². The molecule has 12 aromatic rings. The second-order valence-electron chi connectivity index (χ2n) is 18.2. The molecule has 0 unspecified atom stereocenters. The largest absolute Gasteiger partial charge is 0.348 e. The highest BCUT2D eigenvalue weighted by Crippen LogP contribution is 2.32. The van der Waals surface area contributed by atoms with Gasteiger partial charge in [-0.1, -0.05) is 121 Å². The number of rotatable bonds is 12. The SMILES string of the molecule is Cc1ccccc1-c1cc(-n2cnc3cc(-c4ccncc4)ccc32)nc(N[C@@H](C)c2ccccc2)n1.Cc1ccccc1-c1cc(-n2cnc3ccc(-c4ccncc4)cc32)nc(N[C@@H](C)c2ccccc2)n1. The van der Waals surface area contributed by atoms with Crippen molar-refractivity contribution in [3.63, 3.8) is 0 Å². The third-order valence-electron chi connectivity index (χ3n) is 13.2. The van der Waals surface area contributed by atoms with Crippen LogP contribution in [0.15, 0.2) is 219 Å². The van der Waals surface area contributed by atoms with Gasteiger partial charge in [0.25, 0.3) is 0 Å². The maximum Gasteiger partial charge on any atom is 0.225 e. The van der Waals surface area contributed by atoms with E-state index in [0.717, 1.165) is 89.6 Å².